The lowest BCUT2D eigenvalue weighted by Gasteiger charge is -2.36. The number of hydrogen-bond acceptors (Lipinski definition) is 4. The molecule has 1 aromatic heterocycles. The minimum absolute atomic E-state index is 0.0379. The molecule has 0 amide bonds. The van der Waals surface area contributed by atoms with Gasteiger partial charge in [0.05, 0.1) is 5.60 Å². The molecular weight excluding hydrogens is 234 g/mol. The van der Waals surface area contributed by atoms with Crippen LogP contribution in [-0.2, 0) is 9.47 Å². The normalized spacial score (nSPS) is 21.3. The first kappa shape index (κ1) is 13.0. The molecule has 0 aliphatic carbocycles. The number of hydrogen-bond donors (Lipinski definition) is 1. The Morgan fingerprint density at radius 3 is 2.88 bits per heavy atom. The van der Waals surface area contributed by atoms with Crippen molar-refractivity contribution in [2.45, 2.75) is 31.4 Å². The van der Waals surface area contributed by atoms with E-state index in [1.165, 1.54) is 4.88 Å². The van der Waals surface area contributed by atoms with Crippen molar-refractivity contribution in [1.29, 1.82) is 0 Å². The summed E-state index contributed by atoms with van der Waals surface area (Å²) >= 11 is 1.80. The third-order valence-electron chi connectivity index (χ3n) is 3.54. The van der Waals surface area contributed by atoms with Crippen molar-refractivity contribution in [3.05, 3.63) is 22.4 Å². The molecule has 1 unspecified atom stereocenters. The third-order valence-corrected chi connectivity index (χ3v) is 4.59. The molecule has 96 valence electrons. The number of methoxy groups -OCH3 is 1. The fourth-order valence-corrected chi connectivity index (χ4v) is 2.93. The van der Waals surface area contributed by atoms with E-state index in [9.17, 15) is 0 Å². The van der Waals surface area contributed by atoms with E-state index in [2.05, 4.69) is 29.8 Å². The molecule has 1 aromatic rings. The zero-order valence-corrected chi connectivity index (χ0v) is 11.4. The molecule has 4 heteroatoms. The van der Waals surface area contributed by atoms with Gasteiger partial charge in [0, 0.05) is 50.6 Å². The van der Waals surface area contributed by atoms with Crippen LogP contribution in [0, 0.1) is 0 Å². The Bertz CT molecular complexity index is 320. The van der Waals surface area contributed by atoms with Gasteiger partial charge in [-0.1, -0.05) is 6.07 Å². The van der Waals surface area contributed by atoms with Crippen molar-refractivity contribution in [1.82, 2.24) is 5.32 Å². The fourth-order valence-electron chi connectivity index (χ4n) is 2.17. The second-order valence-electron chi connectivity index (χ2n) is 4.62. The van der Waals surface area contributed by atoms with E-state index in [4.69, 9.17) is 9.47 Å². The summed E-state index contributed by atoms with van der Waals surface area (Å²) in [5.74, 6) is 0. The third kappa shape index (κ3) is 3.28. The summed E-state index contributed by atoms with van der Waals surface area (Å²) in [5, 5.41) is 5.70. The molecule has 1 aliphatic rings. The van der Waals surface area contributed by atoms with Crippen LogP contribution in [0.1, 0.15) is 30.7 Å². The highest BCUT2D eigenvalue weighted by atomic mass is 32.1. The highest BCUT2D eigenvalue weighted by molar-refractivity contribution is 7.10. The van der Waals surface area contributed by atoms with E-state index in [0.29, 0.717) is 6.04 Å². The Morgan fingerprint density at radius 2 is 2.29 bits per heavy atom. The average molecular weight is 255 g/mol. The van der Waals surface area contributed by atoms with Gasteiger partial charge in [0.1, 0.15) is 0 Å². The molecular formula is C13H21NO2S. The Hall–Kier alpha value is -0.420. The van der Waals surface area contributed by atoms with Crippen molar-refractivity contribution in [2.24, 2.45) is 0 Å². The highest BCUT2D eigenvalue weighted by Gasteiger charge is 2.32. The van der Waals surface area contributed by atoms with Crippen LogP contribution in [0.25, 0.3) is 0 Å². The minimum atomic E-state index is -0.0379. The molecule has 2 heterocycles. The number of thiophene rings is 1. The summed E-state index contributed by atoms with van der Waals surface area (Å²) < 4.78 is 11.1. The van der Waals surface area contributed by atoms with Gasteiger partial charge < -0.3 is 14.8 Å². The molecule has 1 fully saturated rings. The zero-order valence-electron chi connectivity index (χ0n) is 10.6. The van der Waals surface area contributed by atoms with E-state index in [-0.39, 0.29) is 5.60 Å². The first-order chi connectivity index (χ1) is 8.26. The Balaban J connectivity index is 1.87. The van der Waals surface area contributed by atoms with Crippen LogP contribution >= 0.6 is 11.3 Å². The van der Waals surface area contributed by atoms with Crippen molar-refractivity contribution < 1.29 is 9.47 Å². The molecule has 1 atom stereocenters. The smallest absolute Gasteiger partial charge is 0.0846 e. The molecule has 0 saturated carbocycles. The maximum Gasteiger partial charge on any atom is 0.0846 e. The van der Waals surface area contributed by atoms with Gasteiger partial charge >= 0.3 is 0 Å². The van der Waals surface area contributed by atoms with Gasteiger partial charge in [0.2, 0.25) is 0 Å². The van der Waals surface area contributed by atoms with Crippen LogP contribution in [0.15, 0.2) is 17.5 Å². The van der Waals surface area contributed by atoms with Crippen LogP contribution < -0.4 is 5.32 Å². The molecule has 2 rings (SSSR count). The molecule has 3 nitrogen and oxygen atoms in total. The average Bonchev–Trinajstić information content (AvgIpc) is 2.91. The highest BCUT2D eigenvalue weighted by Crippen LogP contribution is 2.25. The van der Waals surface area contributed by atoms with Gasteiger partial charge in [0.15, 0.2) is 0 Å². The maximum atomic E-state index is 5.71. The lowest BCUT2D eigenvalue weighted by molar-refractivity contribution is -0.0884. The second-order valence-corrected chi connectivity index (χ2v) is 5.60. The van der Waals surface area contributed by atoms with Crippen LogP contribution in [-0.4, -0.2) is 32.5 Å². The molecule has 0 spiro atoms. The molecule has 1 aliphatic heterocycles. The van der Waals surface area contributed by atoms with Crippen LogP contribution in [0.2, 0.25) is 0 Å². The first-order valence-corrected chi connectivity index (χ1v) is 7.03. The van der Waals surface area contributed by atoms with E-state index in [1.54, 1.807) is 11.3 Å². The summed E-state index contributed by atoms with van der Waals surface area (Å²) in [6.07, 6.45) is 1.96. The van der Waals surface area contributed by atoms with E-state index in [0.717, 1.165) is 32.6 Å². The van der Waals surface area contributed by atoms with Gasteiger partial charge in [-0.3, -0.25) is 0 Å². The van der Waals surface area contributed by atoms with Crippen LogP contribution in [0.3, 0.4) is 0 Å². The fraction of sp³-hybridized carbons (Fsp3) is 0.692. The molecule has 17 heavy (non-hydrogen) atoms. The Labute approximate surface area is 107 Å². The molecule has 0 radical (unpaired) electrons. The summed E-state index contributed by atoms with van der Waals surface area (Å²) in [7, 11) is 1.81. The number of rotatable bonds is 5. The predicted octanol–water partition coefficient (Wildman–Crippen LogP) is 2.59. The van der Waals surface area contributed by atoms with Crippen molar-refractivity contribution in [3.63, 3.8) is 0 Å². The van der Waals surface area contributed by atoms with Crippen molar-refractivity contribution >= 4 is 11.3 Å². The molecule has 0 bridgehead atoms. The van der Waals surface area contributed by atoms with Gasteiger partial charge in [-0.25, -0.2) is 0 Å². The van der Waals surface area contributed by atoms with Crippen molar-refractivity contribution in [2.75, 3.05) is 26.9 Å². The monoisotopic (exact) mass is 255 g/mol. The Morgan fingerprint density at radius 1 is 1.53 bits per heavy atom. The standard InChI is InChI=1S/C13H21NO2S/c1-11(12-4-3-9-17-12)14-10-13(15-2)5-7-16-8-6-13/h3-4,9,11,14H,5-8,10H2,1-2H3. The van der Waals surface area contributed by atoms with Gasteiger partial charge in [-0.2, -0.15) is 0 Å². The molecule has 0 aromatic carbocycles. The van der Waals surface area contributed by atoms with E-state index >= 15 is 0 Å². The maximum absolute atomic E-state index is 5.71. The van der Waals surface area contributed by atoms with Gasteiger partial charge in [-0.05, 0) is 18.4 Å². The predicted molar refractivity (Wildman–Crippen MR) is 70.5 cm³/mol. The largest absolute Gasteiger partial charge is 0.381 e. The Kier molecular flexibility index (Phi) is 4.56. The van der Waals surface area contributed by atoms with E-state index in [1.807, 2.05) is 7.11 Å². The van der Waals surface area contributed by atoms with Gasteiger partial charge in [0.25, 0.3) is 0 Å². The van der Waals surface area contributed by atoms with Crippen molar-refractivity contribution in [3.8, 4) is 0 Å². The van der Waals surface area contributed by atoms with Crippen LogP contribution in [0.5, 0.6) is 0 Å². The van der Waals surface area contributed by atoms with Gasteiger partial charge in [-0.15, -0.1) is 11.3 Å². The van der Waals surface area contributed by atoms with E-state index < -0.39 is 0 Å². The summed E-state index contributed by atoms with van der Waals surface area (Å²) in [6.45, 7) is 4.71. The number of nitrogens with one attached hydrogen (secondary N) is 1. The summed E-state index contributed by atoms with van der Waals surface area (Å²) in [6, 6.07) is 4.66. The lowest BCUT2D eigenvalue weighted by atomic mass is 9.93. The molecule has 1 N–H and O–H groups in total. The zero-order chi connectivity index (χ0) is 12.1. The molecule has 1 saturated heterocycles. The minimum Gasteiger partial charge on any atom is -0.381 e. The quantitative estimate of drug-likeness (QED) is 0.877. The summed E-state index contributed by atoms with van der Waals surface area (Å²) in [5.41, 5.74) is -0.0379. The SMILES string of the molecule is COC1(CNC(C)c2cccs2)CCOCC1. The topological polar surface area (TPSA) is 30.5 Å². The lowest BCUT2D eigenvalue weighted by Crippen LogP contribution is -2.47. The van der Waals surface area contributed by atoms with Crippen LogP contribution in [0.4, 0.5) is 0 Å². The second kappa shape index (κ2) is 5.96. The number of ether oxygens (including phenoxy) is 2. The first-order valence-electron chi connectivity index (χ1n) is 6.15. The summed E-state index contributed by atoms with van der Waals surface area (Å²) in [4.78, 5) is 1.38.